The first-order chi connectivity index (χ1) is 12.7. The Bertz CT molecular complexity index is 885. The predicted octanol–water partition coefficient (Wildman–Crippen LogP) is 3.22. The van der Waals surface area contributed by atoms with Crippen LogP contribution in [0.3, 0.4) is 0 Å². The van der Waals surface area contributed by atoms with Gasteiger partial charge in [0.25, 0.3) is 5.91 Å². The molecule has 0 aliphatic heterocycles. The van der Waals surface area contributed by atoms with Crippen molar-refractivity contribution in [3.8, 4) is 10.4 Å². The first-order valence-electron chi connectivity index (χ1n) is 8.66. The Morgan fingerprint density at radius 2 is 2.27 bits per heavy atom. The molecule has 0 radical (unpaired) electrons. The quantitative estimate of drug-likeness (QED) is 0.625. The molecular formula is C19H21N3O3S. The van der Waals surface area contributed by atoms with Crippen LogP contribution in [-0.2, 0) is 9.47 Å². The summed E-state index contributed by atoms with van der Waals surface area (Å²) >= 11 is 1.56. The van der Waals surface area contributed by atoms with Gasteiger partial charge in [0.15, 0.2) is 0 Å². The molecule has 0 spiro atoms. The normalized spacial score (nSPS) is 19.4. The van der Waals surface area contributed by atoms with E-state index in [-0.39, 0.29) is 18.1 Å². The molecule has 1 fully saturated rings. The Labute approximate surface area is 155 Å². The number of aromatic nitrogens is 2. The molecule has 2 aromatic heterocycles. The molecule has 1 amide bonds. The summed E-state index contributed by atoms with van der Waals surface area (Å²) in [6.07, 6.45) is 5.59. The van der Waals surface area contributed by atoms with E-state index in [9.17, 15) is 4.79 Å². The summed E-state index contributed by atoms with van der Waals surface area (Å²) < 4.78 is 10.7. The fourth-order valence-corrected chi connectivity index (χ4v) is 3.85. The molecule has 2 heterocycles. The number of ether oxygens (including phenoxy) is 2. The zero-order valence-electron chi connectivity index (χ0n) is 14.5. The minimum Gasteiger partial charge on any atom is -0.382 e. The highest BCUT2D eigenvalue weighted by Gasteiger charge is 2.31. The van der Waals surface area contributed by atoms with E-state index in [4.69, 9.17) is 9.47 Å². The average Bonchev–Trinajstić information content (AvgIpc) is 3.29. The lowest BCUT2D eigenvalue weighted by atomic mass is 9.89. The molecule has 1 aromatic carbocycles. The Morgan fingerprint density at radius 1 is 1.38 bits per heavy atom. The molecule has 0 unspecified atom stereocenters. The van der Waals surface area contributed by atoms with Crippen LogP contribution in [0.2, 0.25) is 0 Å². The largest absolute Gasteiger partial charge is 0.382 e. The lowest BCUT2D eigenvalue weighted by Crippen LogP contribution is -2.48. The van der Waals surface area contributed by atoms with Gasteiger partial charge in [0.2, 0.25) is 0 Å². The van der Waals surface area contributed by atoms with Crippen molar-refractivity contribution in [3.05, 3.63) is 41.7 Å². The Balaban J connectivity index is 1.46. The summed E-state index contributed by atoms with van der Waals surface area (Å²) in [6, 6.07) is 6.11. The van der Waals surface area contributed by atoms with Crippen molar-refractivity contribution in [2.24, 2.45) is 0 Å². The molecular weight excluding hydrogens is 350 g/mol. The number of benzene rings is 1. The molecule has 7 heteroatoms. The Kier molecular flexibility index (Phi) is 5.01. The van der Waals surface area contributed by atoms with Crippen molar-refractivity contribution >= 4 is 28.1 Å². The van der Waals surface area contributed by atoms with Crippen LogP contribution in [0.25, 0.3) is 21.3 Å². The predicted molar refractivity (Wildman–Crippen MR) is 102 cm³/mol. The van der Waals surface area contributed by atoms with Crippen molar-refractivity contribution < 1.29 is 14.3 Å². The number of rotatable bonds is 7. The van der Waals surface area contributed by atoms with Crippen molar-refractivity contribution in [2.45, 2.75) is 25.0 Å². The maximum Gasteiger partial charge on any atom is 0.252 e. The van der Waals surface area contributed by atoms with Gasteiger partial charge in [-0.25, -0.2) is 0 Å². The average molecular weight is 371 g/mol. The van der Waals surface area contributed by atoms with Crippen LogP contribution in [0.1, 0.15) is 23.2 Å². The molecule has 136 valence electrons. The van der Waals surface area contributed by atoms with Crippen molar-refractivity contribution in [2.75, 3.05) is 20.3 Å². The lowest BCUT2D eigenvalue weighted by Gasteiger charge is -2.35. The third-order valence-electron chi connectivity index (χ3n) is 4.70. The maximum absolute atomic E-state index is 12.9. The first kappa shape index (κ1) is 17.2. The number of amides is 1. The third kappa shape index (κ3) is 3.51. The van der Waals surface area contributed by atoms with Crippen molar-refractivity contribution in [1.82, 2.24) is 15.3 Å². The van der Waals surface area contributed by atoms with Crippen LogP contribution in [0.4, 0.5) is 0 Å². The van der Waals surface area contributed by atoms with E-state index in [1.165, 1.54) is 0 Å². The van der Waals surface area contributed by atoms with Gasteiger partial charge in [-0.2, -0.15) is 0 Å². The van der Waals surface area contributed by atoms with Crippen LogP contribution in [0.15, 0.2) is 36.1 Å². The van der Waals surface area contributed by atoms with Crippen LogP contribution < -0.4 is 5.32 Å². The second-order valence-corrected chi connectivity index (χ2v) is 7.34. The minimum absolute atomic E-state index is 0.0405. The van der Waals surface area contributed by atoms with Crippen molar-refractivity contribution in [3.63, 3.8) is 0 Å². The number of H-pyrrole nitrogens is 1. The summed E-state index contributed by atoms with van der Waals surface area (Å²) in [6.45, 7) is 1.20. The molecule has 4 rings (SSSR count). The van der Waals surface area contributed by atoms with Gasteiger partial charge in [-0.15, -0.1) is 11.3 Å². The molecule has 0 saturated heterocycles. The molecule has 26 heavy (non-hydrogen) atoms. The SMILES string of the molecule is COCCO[C@H]1C[C@H](NC(=O)c2cc(-c3cncs3)cc3[nH]ccc23)C1. The second kappa shape index (κ2) is 7.57. The van der Waals surface area contributed by atoms with E-state index in [1.54, 1.807) is 24.0 Å². The highest BCUT2D eigenvalue weighted by atomic mass is 32.1. The van der Waals surface area contributed by atoms with Crippen LogP contribution in [0.5, 0.6) is 0 Å². The smallest absolute Gasteiger partial charge is 0.252 e. The maximum atomic E-state index is 12.9. The summed E-state index contributed by atoms with van der Waals surface area (Å²) in [5.41, 5.74) is 4.44. The summed E-state index contributed by atoms with van der Waals surface area (Å²) in [5, 5.41) is 4.06. The number of nitrogens with one attached hydrogen (secondary N) is 2. The van der Waals surface area contributed by atoms with Crippen molar-refractivity contribution in [1.29, 1.82) is 0 Å². The van der Waals surface area contributed by atoms with Gasteiger partial charge in [0.1, 0.15) is 0 Å². The standard InChI is InChI=1S/C19H21N3O3S/c1-24-4-5-25-14-8-13(9-14)22-19(23)16-6-12(18-10-20-11-26-18)7-17-15(16)2-3-21-17/h2-3,6-7,10-11,13-14,21H,4-5,8-9H2,1H3,(H,22,23)/t13-,14-. The number of carbonyl (C=O) groups is 1. The van der Waals surface area contributed by atoms with E-state index in [0.29, 0.717) is 18.8 Å². The number of carbonyl (C=O) groups excluding carboxylic acids is 1. The van der Waals surface area contributed by atoms with E-state index in [2.05, 4.69) is 21.4 Å². The molecule has 1 aliphatic carbocycles. The summed E-state index contributed by atoms with van der Waals surface area (Å²) in [4.78, 5) is 21.2. The number of nitrogens with zero attached hydrogens (tertiary/aromatic N) is 1. The molecule has 3 aromatic rings. The van der Waals surface area contributed by atoms with Crippen LogP contribution >= 0.6 is 11.3 Å². The molecule has 1 aliphatic rings. The topological polar surface area (TPSA) is 76.2 Å². The van der Waals surface area contributed by atoms with Crippen LogP contribution in [-0.4, -0.2) is 48.3 Å². The first-order valence-corrected chi connectivity index (χ1v) is 9.54. The van der Waals surface area contributed by atoms with E-state index in [0.717, 1.165) is 34.2 Å². The zero-order chi connectivity index (χ0) is 17.9. The number of hydrogen-bond donors (Lipinski definition) is 2. The highest BCUT2D eigenvalue weighted by molar-refractivity contribution is 7.13. The van der Waals surface area contributed by atoms with Gasteiger partial charge in [-0.1, -0.05) is 0 Å². The third-order valence-corrected chi connectivity index (χ3v) is 5.52. The number of thiazole rings is 1. The van der Waals surface area contributed by atoms with E-state index < -0.39 is 0 Å². The minimum atomic E-state index is -0.0405. The summed E-state index contributed by atoms with van der Waals surface area (Å²) in [7, 11) is 1.66. The second-order valence-electron chi connectivity index (χ2n) is 6.46. The van der Waals surface area contributed by atoms with Gasteiger partial charge in [-0.3, -0.25) is 9.78 Å². The van der Waals surface area contributed by atoms with E-state index >= 15 is 0 Å². The fraction of sp³-hybridized carbons (Fsp3) is 0.368. The molecule has 6 nitrogen and oxygen atoms in total. The number of methoxy groups -OCH3 is 1. The Hall–Kier alpha value is -2.22. The summed E-state index contributed by atoms with van der Waals surface area (Å²) in [5.74, 6) is -0.0405. The zero-order valence-corrected chi connectivity index (χ0v) is 15.3. The molecule has 0 bridgehead atoms. The Morgan fingerprint density at radius 3 is 3.04 bits per heavy atom. The fourth-order valence-electron chi connectivity index (χ4n) is 3.24. The lowest BCUT2D eigenvalue weighted by molar-refractivity contribution is -0.0343. The number of fused-ring (bicyclic) bond motifs is 1. The van der Waals surface area contributed by atoms with E-state index in [1.807, 2.05) is 24.5 Å². The van der Waals surface area contributed by atoms with Gasteiger partial charge in [0.05, 0.1) is 29.7 Å². The van der Waals surface area contributed by atoms with Crippen LogP contribution in [0, 0.1) is 0 Å². The van der Waals surface area contributed by atoms with Gasteiger partial charge in [0, 0.05) is 42.0 Å². The molecule has 0 atom stereocenters. The molecule has 1 saturated carbocycles. The van der Waals surface area contributed by atoms with Gasteiger partial charge < -0.3 is 19.8 Å². The highest BCUT2D eigenvalue weighted by Crippen LogP contribution is 2.30. The van der Waals surface area contributed by atoms with Gasteiger partial charge in [-0.05, 0) is 36.6 Å². The number of hydrogen-bond acceptors (Lipinski definition) is 5. The molecule has 2 N–H and O–H groups in total. The van der Waals surface area contributed by atoms with Gasteiger partial charge >= 0.3 is 0 Å². The number of aromatic amines is 1. The monoisotopic (exact) mass is 371 g/mol.